The molecule has 1 aliphatic heterocycles. The average molecular weight is 307 g/mol. The molecule has 1 N–H and O–H groups in total. The number of amides is 2. The smallest absolute Gasteiger partial charge is 0.234 e. The Labute approximate surface area is 133 Å². The van der Waals surface area contributed by atoms with Gasteiger partial charge in [-0.2, -0.15) is 0 Å². The van der Waals surface area contributed by atoms with Crippen LogP contribution in [0.1, 0.15) is 51.9 Å². The van der Waals surface area contributed by atoms with Gasteiger partial charge in [-0.15, -0.1) is 0 Å². The second-order valence-electron chi connectivity index (χ2n) is 7.17. The molecule has 1 atom stereocenters. The molecule has 3 aliphatic rings. The van der Waals surface area contributed by atoms with Gasteiger partial charge in [-0.05, 0) is 51.4 Å². The van der Waals surface area contributed by atoms with Crippen molar-refractivity contribution in [3.05, 3.63) is 0 Å². The van der Waals surface area contributed by atoms with E-state index in [1.54, 1.807) is 0 Å². The number of carbonyl (C=O) groups excluding carboxylic acids is 2. The molecule has 0 aromatic carbocycles. The summed E-state index contributed by atoms with van der Waals surface area (Å²) >= 11 is 0. The van der Waals surface area contributed by atoms with Crippen LogP contribution in [-0.2, 0) is 9.59 Å². The van der Waals surface area contributed by atoms with Crippen molar-refractivity contribution in [2.75, 3.05) is 26.2 Å². The lowest BCUT2D eigenvalue weighted by atomic mass is 10.1. The number of carbonyl (C=O) groups is 2. The third-order valence-electron chi connectivity index (χ3n) is 5.27. The first-order valence-electron chi connectivity index (χ1n) is 8.95. The van der Waals surface area contributed by atoms with Crippen molar-refractivity contribution in [3.63, 3.8) is 0 Å². The topological polar surface area (TPSA) is 52.7 Å². The number of nitrogens with zero attached hydrogens (tertiary/aromatic N) is 2. The normalized spacial score (nSPS) is 23.2. The molecule has 1 heterocycles. The molecule has 0 bridgehead atoms. The van der Waals surface area contributed by atoms with E-state index in [0.29, 0.717) is 31.6 Å². The fraction of sp³-hybridized carbons (Fsp3) is 0.882. The zero-order chi connectivity index (χ0) is 15.5. The summed E-state index contributed by atoms with van der Waals surface area (Å²) in [7, 11) is 0. The van der Waals surface area contributed by atoms with Crippen LogP contribution in [0.5, 0.6) is 0 Å². The lowest BCUT2D eigenvalue weighted by molar-refractivity contribution is -0.127. The number of hydrogen-bond acceptors (Lipinski definition) is 3. The van der Waals surface area contributed by atoms with Crippen LogP contribution in [-0.4, -0.2) is 59.9 Å². The van der Waals surface area contributed by atoms with Crippen molar-refractivity contribution in [1.29, 1.82) is 0 Å². The Bertz CT molecular complexity index is 418. The maximum atomic E-state index is 12.2. The van der Waals surface area contributed by atoms with E-state index in [1.807, 2.05) is 4.90 Å². The molecule has 124 valence electrons. The van der Waals surface area contributed by atoms with Crippen LogP contribution in [0.15, 0.2) is 0 Å². The van der Waals surface area contributed by atoms with Crippen LogP contribution in [0.4, 0.5) is 0 Å². The summed E-state index contributed by atoms with van der Waals surface area (Å²) in [6, 6.07) is 1.20. The van der Waals surface area contributed by atoms with E-state index in [4.69, 9.17) is 0 Å². The molecule has 5 nitrogen and oxygen atoms in total. The Balaban J connectivity index is 1.33. The van der Waals surface area contributed by atoms with Gasteiger partial charge in [0.25, 0.3) is 0 Å². The SMILES string of the molecule is CC(C1CC1)N(CC(=O)NCCCN1CCCC1=O)C1CC1. The number of hydrogen-bond donors (Lipinski definition) is 1. The highest BCUT2D eigenvalue weighted by molar-refractivity contribution is 5.78. The largest absolute Gasteiger partial charge is 0.355 e. The molecule has 2 amide bonds. The second kappa shape index (κ2) is 6.99. The maximum Gasteiger partial charge on any atom is 0.234 e. The lowest BCUT2D eigenvalue weighted by Crippen LogP contribution is -2.44. The minimum Gasteiger partial charge on any atom is -0.355 e. The van der Waals surface area contributed by atoms with Gasteiger partial charge in [0.2, 0.25) is 11.8 Å². The first kappa shape index (κ1) is 15.8. The van der Waals surface area contributed by atoms with Crippen molar-refractivity contribution in [3.8, 4) is 0 Å². The van der Waals surface area contributed by atoms with Gasteiger partial charge in [-0.3, -0.25) is 14.5 Å². The van der Waals surface area contributed by atoms with E-state index in [0.717, 1.165) is 31.8 Å². The average Bonchev–Trinajstić information content (AvgIpc) is 3.39. The Morgan fingerprint density at radius 3 is 2.73 bits per heavy atom. The molecule has 2 saturated carbocycles. The van der Waals surface area contributed by atoms with Crippen molar-refractivity contribution >= 4 is 11.8 Å². The summed E-state index contributed by atoms with van der Waals surface area (Å²) in [5, 5.41) is 3.03. The van der Waals surface area contributed by atoms with Crippen LogP contribution >= 0.6 is 0 Å². The summed E-state index contributed by atoms with van der Waals surface area (Å²) in [5.74, 6) is 1.23. The van der Waals surface area contributed by atoms with Gasteiger partial charge in [-0.25, -0.2) is 0 Å². The molecule has 3 fully saturated rings. The van der Waals surface area contributed by atoms with Crippen LogP contribution in [0.25, 0.3) is 0 Å². The number of rotatable bonds is 9. The maximum absolute atomic E-state index is 12.2. The van der Waals surface area contributed by atoms with E-state index >= 15 is 0 Å². The minimum absolute atomic E-state index is 0.146. The van der Waals surface area contributed by atoms with Gasteiger partial charge < -0.3 is 10.2 Å². The summed E-state index contributed by atoms with van der Waals surface area (Å²) in [4.78, 5) is 28.0. The number of likely N-dealkylation sites (tertiary alicyclic amines) is 1. The quantitative estimate of drug-likeness (QED) is 0.655. The van der Waals surface area contributed by atoms with Crippen LogP contribution in [0.2, 0.25) is 0 Å². The highest BCUT2D eigenvalue weighted by atomic mass is 16.2. The Morgan fingerprint density at radius 1 is 1.36 bits per heavy atom. The summed E-state index contributed by atoms with van der Waals surface area (Å²) in [6.07, 6.45) is 7.70. The highest BCUT2D eigenvalue weighted by Crippen LogP contribution is 2.39. The van der Waals surface area contributed by atoms with Gasteiger partial charge >= 0.3 is 0 Å². The fourth-order valence-corrected chi connectivity index (χ4v) is 3.52. The van der Waals surface area contributed by atoms with Crippen LogP contribution in [0, 0.1) is 5.92 Å². The Kier molecular flexibility index (Phi) is 5.01. The number of nitrogens with one attached hydrogen (secondary N) is 1. The van der Waals surface area contributed by atoms with Crippen molar-refractivity contribution in [2.45, 2.75) is 64.0 Å². The molecule has 0 aromatic rings. The van der Waals surface area contributed by atoms with Gasteiger partial charge in [0, 0.05) is 38.1 Å². The molecule has 1 unspecified atom stereocenters. The molecule has 5 heteroatoms. The van der Waals surface area contributed by atoms with Crippen molar-refractivity contribution < 1.29 is 9.59 Å². The molecule has 2 aliphatic carbocycles. The molecular weight excluding hydrogens is 278 g/mol. The Morgan fingerprint density at radius 2 is 2.14 bits per heavy atom. The van der Waals surface area contributed by atoms with Gasteiger partial charge in [0.15, 0.2) is 0 Å². The zero-order valence-corrected chi connectivity index (χ0v) is 13.7. The molecule has 3 rings (SSSR count). The predicted molar refractivity (Wildman–Crippen MR) is 85.4 cm³/mol. The minimum atomic E-state index is 0.146. The van der Waals surface area contributed by atoms with Crippen molar-refractivity contribution in [1.82, 2.24) is 15.1 Å². The fourth-order valence-electron chi connectivity index (χ4n) is 3.52. The first-order valence-corrected chi connectivity index (χ1v) is 8.95. The second-order valence-corrected chi connectivity index (χ2v) is 7.17. The molecular formula is C17H29N3O2. The van der Waals surface area contributed by atoms with E-state index in [2.05, 4.69) is 17.1 Å². The summed E-state index contributed by atoms with van der Waals surface area (Å²) in [5.41, 5.74) is 0. The highest BCUT2D eigenvalue weighted by Gasteiger charge is 2.39. The Hall–Kier alpha value is -1.10. The monoisotopic (exact) mass is 307 g/mol. The molecule has 0 spiro atoms. The van der Waals surface area contributed by atoms with Crippen molar-refractivity contribution in [2.24, 2.45) is 5.92 Å². The third-order valence-corrected chi connectivity index (χ3v) is 5.27. The van der Waals surface area contributed by atoms with E-state index < -0.39 is 0 Å². The van der Waals surface area contributed by atoms with Gasteiger partial charge in [-0.1, -0.05) is 0 Å². The van der Waals surface area contributed by atoms with Crippen LogP contribution in [0.3, 0.4) is 0 Å². The van der Waals surface area contributed by atoms with E-state index in [-0.39, 0.29) is 11.8 Å². The third kappa shape index (κ3) is 4.22. The predicted octanol–water partition coefficient (Wildman–Crippen LogP) is 1.38. The molecule has 22 heavy (non-hydrogen) atoms. The van der Waals surface area contributed by atoms with Gasteiger partial charge in [0.1, 0.15) is 0 Å². The summed E-state index contributed by atoms with van der Waals surface area (Å²) in [6.45, 7) is 5.18. The molecule has 1 saturated heterocycles. The standard InChI is InChI=1S/C17H29N3O2/c1-13(14-5-6-14)20(15-7-8-15)12-16(21)18-9-3-11-19-10-2-4-17(19)22/h13-15H,2-12H2,1H3,(H,18,21). The first-order chi connectivity index (χ1) is 10.6. The summed E-state index contributed by atoms with van der Waals surface area (Å²) < 4.78 is 0. The molecule has 0 aromatic heterocycles. The van der Waals surface area contributed by atoms with Crippen LogP contribution < -0.4 is 5.32 Å². The molecule has 0 radical (unpaired) electrons. The zero-order valence-electron chi connectivity index (χ0n) is 13.7. The lowest BCUT2D eigenvalue weighted by Gasteiger charge is -2.28. The van der Waals surface area contributed by atoms with E-state index in [1.165, 1.54) is 25.7 Å². The van der Waals surface area contributed by atoms with E-state index in [9.17, 15) is 9.59 Å². The van der Waals surface area contributed by atoms with Gasteiger partial charge in [0.05, 0.1) is 6.54 Å².